The summed E-state index contributed by atoms with van der Waals surface area (Å²) in [6.07, 6.45) is 0. The van der Waals surface area contributed by atoms with Crippen LogP contribution in [-0.2, 0) is 14.8 Å². The fourth-order valence-electron chi connectivity index (χ4n) is 1.39. The van der Waals surface area contributed by atoms with E-state index >= 15 is 0 Å². The molecule has 1 aromatic rings. The highest BCUT2D eigenvalue weighted by Crippen LogP contribution is 2.26. The first-order chi connectivity index (χ1) is 8.19. The van der Waals surface area contributed by atoms with E-state index in [9.17, 15) is 13.2 Å². The number of nitrogens with zero attached hydrogens (tertiary/aromatic N) is 1. The minimum atomic E-state index is -3.81. The largest absolute Gasteiger partial charge is 0.480 e. The van der Waals surface area contributed by atoms with Crippen LogP contribution in [0.3, 0.4) is 0 Å². The van der Waals surface area contributed by atoms with Crippen molar-refractivity contribution < 1.29 is 18.3 Å². The second-order valence-electron chi connectivity index (χ2n) is 3.90. The Bertz CT molecular complexity index is 570. The molecule has 0 bridgehead atoms. The van der Waals surface area contributed by atoms with E-state index in [1.807, 2.05) is 0 Å². The van der Waals surface area contributed by atoms with Crippen molar-refractivity contribution >= 4 is 31.9 Å². The van der Waals surface area contributed by atoms with Gasteiger partial charge in [0, 0.05) is 11.5 Å². The summed E-state index contributed by atoms with van der Waals surface area (Å²) in [5.41, 5.74) is 0.557. The zero-order valence-electron chi connectivity index (χ0n) is 10.2. The molecule has 0 fully saturated rings. The van der Waals surface area contributed by atoms with Crippen molar-refractivity contribution in [2.75, 3.05) is 7.05 Å². The second kappa shape index (κ2) is 5.38. The zero-order valence-corrected chi connectivity index (χ0v) is 12.6. The Morgan fingerprint density at radius 3 is 2.50 bits per heavy atom. The Balaban J connectivity index is 3.30. The van der Waals surface area contributed by atoms with Gasteiger partial charge in [0.05, 0.1) is 4.90 Å². The molecular formula is C11H14BrNO4S. The lowest BCUT2D eigenvalue weighted by Gasteiger charge is -2.22. The van der Waals surface area contributed by atoms with Crippen LogP contribution in [0.4, 0.5) is 0 Å². The van der Waals surface area contributed by atoms with Gasteiger partial charge in [-0.05, 0) is 31.5 Å². The highest BCUT2D eigenvalue weighted by molar-refractivity contribution is 9.10. The van der Waals surface area contributed by atoms with Crippen LogP contribution in [0.2, 0.25) is 0 Å². The minimum Gasteiger partial charge on any atom is -0.480 e. The van der Waals surface area contributed by atoms with Crippen LogP contribution in [0.5, 0.6) is 0 Å². The summed E-state index contributed by atoms with van der Waals surface area (Å²) < 4.78 is 26.1. The molecule has 0 heterocycles. The third-order valence-electron chi connectivity index (χ3n) is 2.78. The summed E-state index contributed by atoms with van der Waals surface area (Å²) in [6, 6.07) is 3.67. The molecule has 0 saturated carbocycles. The van der Waals surface area contributed by atoms with Crippen molar-refractivity contribution in [2.45, 2.75) is 24.8 Å². The fourth-order valence-corrected chi connectivity index (χ4v) is 3.45. The van der Waals surface area contributed by atoms with E-state index < -0.39 is 22.0 Å². The van der Waals surface area contributed by atoms with Crippen molar-refractivity contribution in [1.29, 1.82) is 0 Å². The van der Waals surface area contributed by atoms with Crippen molar-refractivity contribution in [3.05, 3.63) is 28.2 Å². The molecule has 0 spiro atoms. The van der Waals surface area contributed by atoms with E-state index in [1.54, 1.807) is 19.1 Å². The lowest BCUT2D eigenvalue weighted by Crippen LogP contribution is -2.40. The normalized spacial score (nSPS) is 13.6. The lowest BCUT2D eigenvalue weighted by molar-refractivity contribution is -0.140. The van der Waals surface area contributed by atoms with Crippen LogP contribution in [0.1, 0.15) is 12.5 Å². The number of aliphatic carboxylic acids is 1. The first-order valence-electron chi connectivity index (χ1n) is 5.15. The van der Waals surface area contributed by atoms with E-state index in [2.05, 4.69) is 15.9 Å². The fraction of sp³-hybridized carbons (Fsp3) is 0.364. The number of carbonyl (C=O) groups is 1. The third-order valence-corrected chi connectivity index (χ3v) is 5.71. The van der Waals surface area contributed by atoms with Gasteiger partial charge in [0.2, 0.25) is 10.0 Å². The number of halogens is 1. The number of rotatable bonds is 4. The monoisotopic (exact) mass is 335 g/mol. The number of carboxylic acids is 1. The van der Waals surface area contributed by atoms with Gasteiger partial charge in [-0.2, -0.15) is 4.31 Å². The number of benzene rings is 1. The molecule has 1 atom stereocenters. The Kier molecular flexibility index (Phi) is 4.52. The van der Waals surface area contributed by atoms with E-state index in [0.29, 0.717) is 10.0 Å². The van der Waals surface area contributed by atoms with Crippen LogP contribution < -0.4 is 0 Å². The number of hydrogen-bond donors (Lipinski definition) is 1. The molecule has 0 radical (unpaired) electrons. The standard InChI is InChI=1S/C11H14BrNO4S/c1-7-9(12)5-4-6-10(7)18(16,17)13(3)8(2)11(14)15/h4-6,8H,1-3H3,(H,14,15). The molecule has 1 unspecified atom stereocenters. The molecule has 0 aliphatic carbocycles. The summed E-state index contributed by atoms with van der Waals surface area (Å²) in [7, 11) is -2.56. The van der Waals surface area contributed by atoms with Crippen LogP contribution in [0.15, 0.2) is 27.6 Å². The zero-order chi connectivity index (χ0) is 14.1. The average molecular weight is 336 g/mol. The first-order valence-corrected chi connectivity index (χ1v) is 7.39. The van der Waals surface area contributed by atoms with Crippen LogP contribution in [0.25, 0.3) is 0 Å². The Morgan fingerprint density at radius 2 is 2.00 bits per heavy atom. The molecule has 0 aromatic heterocycles. The molecular weight excluding hydrogens is 322 g/mol. The summed E-state index contributed by atoms with van der Waals surface area (Å²) in [5, 5.41) is 8.87. The van der Waals surface area contributed by atoms with Gasteiger partial charge in [-0.15, -0.1) is 0 Å². The summed E-state index contributed by atoms with van der Waals surface area (Å²) >= 11 is 3.25. The number of carboxylic acid groups (broad SMARTS) is 1. The topological polar surface area (TPSA) is 74.7 Å². The molecule has 7 heteroatoms. The van der Waals surface area contributed by atoms with Gasteiger partial charge in [0.1, 0.15) is 6.04 Å². The van der Waals surface area contributed by atoms with Crippen molar-refractivity contribution in [2.24, 2.45) is 0 Å². The molecule has 18 heavy (non-hydrogen) atoms. The molecule has 1 rings (SSSR count). The summed E-state index contributed by atoms with van der Waals surface area (Å²) in [6.45, 7) is 2.99. The predicted octanol–water partition coefficient (Wildman–Crippen LogP) is 1.85. The van der Waals surface area contributed by atoms with Gasteiger partial charge in [0.15, 0.2) is 0 Å². The highest BCUT2D eigenvalue weighted by Gasteiger charge is 2.30. The predicted molar refractivity (Wildman–Crippen MR) is 70.9 cm³/mol. The Morgan fingerprint density at radius 1 is 1.44 bits per heavy atom. The molecule has 0 amide bonds. The quantitative estimate of drug-likeness (QED) is 0.911. The third kappa shape index (κ3) is 2.73. The summed E-state index contributed by atoms with van der Waals surface area (Å²) in [5.74, 6) is -1.19. The molecule has 1 N–H and O–H groups in total. The molecule has 5 nitrogen and oxygen atoms in total. The highest BCUT2D eigenvalue weighted by atomic mass is 79.9. The number of hydrogen-bond acceptors (Lipinski definition) is 3. The van der Waals surface area contributed by atoms with E-state index in [-0.39, 0.29) is 4.90 Å². The number of sulfonamides is 1. The van der Waals surface area contributed by atoms with E-state index in [1.165, 1.54) is 20.0 Å². The van der Waals surface area contributed by atoms with Gasteiger partial charge < -0.3 is 5.11 Å². The maximum absolute atomic E-state index is 12.3. The lowest BCUT2D eigenvalue weighted by atomic mass is 10.2. The van der Waals surface area contributed by atoms with Crippen molar-refractivity contribution in [1.82, 2.24) is 4.31 Å². The van der Waals surface area contributed by atoms with E-state index in [4.69, 9.17) is 5.11 Å². The SMILES string of the molecule is Cc1c(Br)cccc1S(=O)(=O)N(C)C(C)C(=O)O. The maximum Gasteiger partial charge on any atom is 0.321 e. The minimum absolute atomic E-state index is 0.104. The Hall–Kier alpha value is -0.920. The van der Waals surface area contributed by atoms with E-state index in [0.717, 1.165) is 4.31 Å². The summed E-state index contributed by atoms with van der Waals surface area (Å²) in [4.78, 5) is 11.0. The van der Waals surface area contributed by atoms with Gasteiger partial charge >= 0.3 is 5.97 Å². The van der Waals surface area contributed by atoms with Gasteiger partial charge in [-0.25, -0.2) is 8.42 Å². The molecule has 0 aliphatic heterocycles. The molecule has 0 saturated heterocycles. The second-order valence-corrected chi connectivity index (χ2v) is 6.72. The number of likely N-dealkylation sites (N-methyl/N-ethyl adjacent to an activating group) is 1. The Labute approximate surface area is 115 Å². The molecule has 0 aliphatic rings. The maximum atomic E-state index is 12.3. The van der Waals surface area contributed by atoms with Crippen molar-refractivity contribution in [3.63, 3.8) is 0 Å². The van der Waals surface area contributed by atoms with Crippen molar-refractivity contribution in [3.8, 4) is 0 Å². The van der Waals surface area contributed by atoms with Crippen LogP contribution >= 0.6 is 15.9 Å². The smallest absolute Gasteiger partial charge is 0.321 e. The van der Waals surface area contributed by atoms with Gasteiger partial charge in [-0.3, -0.25) is 4.79 Å². The van der Waals surface area contributed by atoms with Crippen LogP contribution in [0, 0.1) is 6.92 Å². The molecule has 100 valence electrons. The first kappa shape index (κ1) is 15.1. The molecule has 1 aromatic carbocycles. The van der Waals surface area contributed by atoms with Gasteiger partial charge in [-0.1, -0.05) is 22.0 Å². The van der Waals surface area contributed by atoms with Crippen LogP contribution in [-0.4, -0.2) is 36.9 Å². The average Bonchev–Trinajstić information content (AvgIpc) is 2.30. The van der Waals surface area contributed by atoms with Gasteiger partial charge in [0.25, 0.3) is 0 Å².